The van der Waals surface area contributed by atoms with E-state index in [1.165, 1.54) is 12.1 Å². The van der Waals surface area contributed by atoms with Crippen LogP contribution in [-0.4, -0.2) is 9.97 Å². The molecule has 1 aliphatic rings. The van der Waals surface area contributed by atoms with Gasteiger partial charge in [0, 0.05) is 23.0 Å². The molecule has 0 saturated heterocycles. The molecule has 0 fully saturated rings. The van der Waals surface area contributed by atoms with Gasteiger partial charge in [-0.05, 0) is 56.0 Å². The van der Waals surface area contributed by atoms with E-state index in [4.69, 9.17) is 16.7 Å². The van der Waals surface area contributed by atoms with Gasteiger partial charge >= 0.3 is 0 Å². The Morgan fingerprint density at radius 2 is 1.73 bits per heavy atom. The average molecular weight is 454 g/mol. The molecule has 5 nitrogen and oxygen atoms in total. The van der Waals surface area contributed by atoms with Gasteiger partial charge in [0.05, 0.1) is 11.3 Å². The van der Waals surface area contributed by atoms with Gasteiger partial charge in [-0.15, -0.1) is 12.8 Å². The average Bonchev–Trinajstić information content (AvgIpc) is 2.83. The summed E-state index contributed by atoms with van der Waals surface area (Å²) >= 11 is 0. The van der Waals surface area contributed by atoms with Crippen LogP contribution in [0.25, 0.3) is 5.70 Å². The number of hydrogen-bond donors (Lipinski definition) is 2. The maximum atomic E-state index is 14.0. The number of rotatable bonds is 3. The predicted molar refractivity (Wildman–Crippen MR) is 130 cm³/mol. The van der Waals surface area contributed by atoms with Crippen LogP contribution in [0.2, 0.25) is 0 Å². The van der Waals surface area contributed by atoms with Gasteiger partial charge in [-0.2, -0.15) is 5.26 Å². The number of aromatic nitrogens is 2. The molecular weight excluding hydrogens is 420 g/mol. The molecule has 2 aromatic rings. The Hall–Kier alpha value is -3.71. The zero-order chi connectivity index (χ0) is 25.6. The Bertz CT molecular complexity index is 1010. The molecule has 1 aromatic heterocycles. The second-order valence-electron chi connectivity index (χ2n) is 6.49. The van der Waals surface area contributed by atoms with Crippen molar-refractivity contribution in [3.63, 3.8) is 0 Å². The van der Waals surface area contributed by atoms with Gasteiger partial charge in [0.25, 0.3) is 0 Å². The number of nitriles is 1. The smallest absolute Gasteiger partial charge is 0.232 e. The summed E-state index contributed by atoms with van der Waals surface area (Å²) in [7, 11) is 0. The van der Waals surface area contributed by atoms with E-state index in [-0.39, 0.29) is 23.0 Å². The van der Waals surface area contributed by atoms with Crippen LogP contribution in [0.5, 0.6) is 0 Å². The van der Waals surface area contributed by atoms with Crippen LogP contribution >= 0.6 is 0 Å². The van der Waals surface area contributed by atoms with Crippen molar-refractivity contribution in [1.29, 1.82) is 5.26 Å². The molecule has 1 aromatic carbocycles. The van der Waals surface area contributed by atoms with Gasteiger partial charge in [0.1, 0.15) is 17.7 Å². The van der Waals surface area contributed by atoms with E-state index in [2.05, 4.69) is 22.8 Å². The molecule has 3 rings (SSSR count). The van der Waals surface area contributed by atoms with Gasteiger partial charge in [-0.3, -0.25) is 0 Å². The van der Waals surface area contributed by atoms with Crippen LogP contribution in [0.4, 0.5) is 8.78 Å². The van der Waals surface area contributed by atoms with E-state index in [1.807, 2.05) is 33.8 Å². The van der Waals surface area contributed by atoms with Gasteiger partial charge in [-0.1, -0.05) is 33.8 Å². The molecule has 1 aliphatic carbocycles. The van der Waals surface area contributed by atoms with Crippen LogP contribution in [0.15, 0.2) is 41.6 Å². The van der Waals surface area contributed by atoms with Crippen LogP contribution in [0.1, 0.15) is 75.7 Å². The third-order valence-corrected chi connectivity index (χ3v) is 4.60. The maximum absolute atomic E-state index is 14.0. The third kappa shape index (κ3) is 7.73. The second-order valence-corrected chi connectivity index (χ2v) is 6.49. The van der Waals surface area contributed by atoms with Crippen molar-refractivity contribution in [3.05, 3.63) is 76.0 Å². The topological polar surface area (TPSA) is 102 Å². The summed E-state index contributed by atoms with van der Waals surface area (Å²) in [6.07, 6.45) is 11.8. The molecule has 0 spiro atoms. The number of halogens is 2. The predicted octanol–water partition coefficient (Wildman–Crippen LogP) is 5.72. The van der Waals surface area contributed by atoms with Gasteiger partial charge < -0.3 is 11.5 Å². The molecule has 0 saturated carbocycles. The zero-order valence-corrected chi connectivity index (χ0v) is 20.0. The lowest BCUT2D eigenvalue weighted by molar-refractivity contribution is 0.575. The fourth-order valence-electron chi connectivity index (χ4n) is 3.34. The molecule has 0 amide bonds. The van der Waals surface area contributed by atoms with E-state index >= 15 is 0 Å². The highest BCUT2D eigenvalue weighted by Crippen LogP contribution is 2.35. The minimum atomic E-state index is -0.722. The first kappa shape index (κ1) is 29.3. The monoisotopic (exact) mass is 453 g/mol. The Morgan fingerprint density at radius 3 is 2.27 bits per heavy atom. The lowest BCUT2D eigenvalue weighted by atomic mass is 9.84. The normalized spacial score (nSPS) is 14.9. The minimum absolute atomic E-state index is 0.0132. The van der Waals surface area contributed by atoms with Crippen LogP contribution in [0, 0.1) is 42.7 Å². The molecule has 7 heteroatoms. The Labute approximate surface area is 196 Å². The molecule has 0 aliphatic heterocycles. The van der Waals surface area contributed by atoms with E-state index < -0.39 is 11.6 Å². The van der Waals surface area contributed by atoms with Crippen molar-refractivity contribution in [2.75, 3.05) is 0 Å². The number of benzene rings is 1. The highest BCUT2D eigenvalue weighted by molar-refractivity contribution is 5.67. The van der Waals surface area contributed by atoms with Crippen LogP contribution in [0.3, 0.4) is 0 Å². The molecule has 0 bridgehead atoms. The summed E-state index contributed by atoms with van der Waals surface area (Å²) in [6, 6.07) is 7.35. The number of nitrogens with two attached hydrogens (primary N) is 2. The Morgan fingerprint density at radius 1 is 1.15 bits per heavy atom. The highest BCUT2D eigenvalue weighted by atomic mass is 19.1. The SMILES string of the molecule is C#C.CC.CC.Cc1cc(C2CCCC(/C=C(\N)c3c(F)cccc3F)=C2N)nc(C#N)n1. The van der Waals surface area contributed by atoms with Crippen molar-refractivity contribution >= 4 is 5.70 Å². The molecular formula is C26H33F2N5. The molecule has 1 atom stereocenters. The molecule has 1 heterocycles. The minimum Gasteiger partial charge on any atom is -0.401 e. The third-order valence-electron chi connectivity index (χ3n) is 4.60. The summed E-state index contributed by atoms with van der Waals surface area (Å²) in [5.74, 6) is -1.55. The fourth-order valence-corrected chi connectivity index (χ4v) is 3.34. The van der Waals surface area contributed by atoms with E-state index in [0.717, 1.165) is 30.5 Å². The van der Waals surface area contributed by atoms with Crippen molar-refractivity contribution in [1.82, 2.24) is 9.97 Å². The fraction of sp³-hybridized carbons (Fsp3) is 0.346. The number of hydrogen-bond acceptors (Lipinski definition) is 5. The van der Waals surface area contributed by atoms with Crippen LogP contribution in [-0.2, 0) is 0 Å². The maximum Gasteiger partial charge on any atom is 0.232 e. The number of aryl methyl sites for hydroxylation is 1. The lowest BCUT2D eigenvalue weighted by Gasteiger charge is -2.25. The first-order chi connectivity index (χ1) is 15.9. The highest BCUT2D eigenvalue weighted by Gasteiger charge is 2.24. The molecule has 0 radical (unpaired) electrons. The summed E-state index contributed by atoms with van der Waals surface area (Å²) < 4.78 is 27.9. The van der Waals surface area contributed by atoms with Gasteiger partial charge in [0.2, 0.25) is 5.82 Å². The first-order valence-corrected chi connectivity index (χ1v) is 10.9. The van der Waals surface area contributed by atoms with Crippen LogP contribution < -0.4 is 11.5 Å². The van der Waals surface area contributed by atoms with E-state index in [1.54, 1.807) is 13.0 Å². The molecule has 4 N–H and O–H groups in total. The second kappa shape index (κ2) is 15.2. The largest absolute Gasteiger partial charge is 0.401 e. The standard InChI is InChI=1S/C20H19F2N5.2C2H6.C2H2/c1-11-8-17(27-18(10-23)26-11)13-5-2-4-12(20(13)25)9-16(24)19-14(21)6-3-7-15(19)22;3*1-2/h3,6-9,13H,2,4-5,24-25H2,1H3;2*1-2H3;1-2H/b16-9-;;;. The summed E-state index contributed by atoms with van der Waals surface area (Å²) in [5.41, 5.74) is 14.7. The molecule has 1 unspecified atom stereocenters. The van der Waals surface area contributed by atoms with Gasteiger partial charge in [-0.25, -0.2) is 18.7 Å². The van der Waals surface area contributed by atoms with Gasteiger partial charge in [0.15, 0.2) is 0 Å². The van der Waals surface area contributed by atoms with Crippen molar-refractivity contribution in [3.8, 4) is 18.9 Å². The molecule has 176 valence electrons. The summed E-state index contributed by atoms with van der Waals surface area (Å²) in [4.78, 5) is 8.32. The van der Waals surface area contributed by atoms with Crippen molar-refractivity contribution < 1.29 is 8.78 Å². The number of allylic oxidation sites excluding steroid dienone is 3. The summed E-state index contributed by atoms with van der Waals surface area (Å²) in [6.45, 7) is 9.79. The summed E-state index contributed by atoms with van der Waals surface area (Å²) in [5, 5.41) is 9.08. The zero-order valence-electron chi connectivity index (χ0n) is 20.0. The first-order valence-electron chi connectivity index (χ1n) is 10.9. The lowest BCUT2D eigenvalue weighted by Crippen LogP contribution is -2.19. The number of terminal acetylenes is 1. The quantitative estimate of drug-likeness (QED) is 0.579. The van der Waals surface area contributed by atoms with E-state index in [0.29, 0.717) is 23.5 Å². The van der Waals surface area contributed by atoms with Crippen molar-refractivity contribution in [2.24, 2.45) is 11.5 Å². The van der Waals surface area contributed by atoms with E-state index in [9.17, 15) is 8.78 Å². The Kier molecular flexibility index (Phi) is 13.4. The van der Waals surface area contributed by atoms with Crippen molar-refractivity contribution in [2.45, 2.75) is 59.8 Å². The molecule has 33 heavy (non-hydrogen) atoms. The Balaban J connectivity index is 0.00000158. The number of nitrogens with zero attached hydrogens (tertiary/aromatic N) is 3.